The van der Waals surface area contributed by atoms with Crippen LogP contribution >= 0.6 is 11.6 Å². The van der Waals surface area contributed by atoms with Crippen molar-refractivity contribution in [2.75, 3.05) is 25.8 Å². The lowest BCUT2D eigenvalue weighted by atomic mass is 9.97. The molecule has 1 saturated heterocycles. The standard InChI is InChI=1S/C10H16ClNO4/c1-2-15-9(13)8-3-5-12(6-4-8)10(14)16-7-11/h8H,2-7H2,1H3. The summed E-state index contributed by atoms with van der Waals surface area (Å²) >= 11 is 5.29. The number of hydrogen-bond donors (Lipinski definition) is 0. The second-order valence-electron chi connectivity index (χ2n) is 3.53. The largest absolute Gasteiger partial charge is 0.466 e. The third kappa shape index (κ3) is 3.56. The Kier molecular flexibility index (Phi) is 5.38. The van der Waals surface area contributed by atoms with Gasteiger partial charge in [-0.05, 0) is 19.8 Å². The lowest BCUT2D eigenvalue weighted by Crippen LogP contribution is -2.40. The van der Waals surface area contributed by atoms with Crippen LogP contribution in [0.1, 0.15) is 19.8 Å². The number of rotatable bonds is 3. The number of carbonyl (C=O) groups excluding carboxylic acids is 2. The molecule has 1 amide bonds. The van der Waals surface area contributed by atoms with E-state index in [9.17, 15) is 9.59 Å². The highest BCUT2D eigenvalue weighted by atomic mass is 35.5. The Labute approximate surface area is 99.6 Å². The number of carbonyl (C=O) groups is 2. The van der Waals surface area contributed by atoms with Crippen LogP contribution in [0.2, 0.25) is 0 Å². The summed E-state index contributed by atoms with van der Waals surface area (Å²) in [5.41, 5.74) is 0. The molecule has 6 heteroatoms. The molecular weight excluding hydrogens is 234 g/mol. The SMILES string of the molecule is CCOC(=O)C1CCN(C(=O)OCCl)CC1. The lowest BCUT2D eigenvalue weighted by Gasteiger charge is -2.29. The molecule has 0 aromatic rings. The van der Waals surface area contributed by atoms with E-state index in [1.54, 1.807) is 11.8 Å². The molecule has 0 aliphatic carbocycles. The molecule has 0 aromatic heterocycles. The highest BCUT2D eigenvalue weighted by Gasteiger charge is 2.28. The molecule has 0 saturated carbocycles. The summed E-state index contributed by atoms with van der Waals surface area (Å²) < 4.78 is 9.59. The second-order valence-corrected chi connectivity index (χ2v) is 3.75. The molecule has 0 atom stereocenters. The predicted octanol–water partition coefficient (Wildman–Crippen LogP) is 1.59. The van der Waals surface area contributed by atoms with Crippen LogP contribution in [0.25, 0.3) is 0 Å². The van der Waals surface area contributed by atoms with Crippen molar-refractivity contribution in [3.8, 4) is 0 Å². The normalized spacial score (nSPS) is 17.0. The average molecular weight is 250 g/mol. The number of hydrogen-bond acceptors (Lipinski definition) is 4. The van der Waals surface area contributed by atoms with Crippen LogP contribution in [0.3, 0.4) is 0 Å². The van der Waals surface area contributed by atoms with Gasteiger partial charge in [0.2, 0.25) is 0 Å². The minimum absolute atomic E-state index is 0.0972. The first-order valence-corrected chi connectivity index (χ1v) is 5.86. The third-order valence-corrected chi connectivity index (χ3v) is 2.66. The molecule has 92 valence electrons. The van der Waals surface area contributed by atoms with Crippen LogP contribution in [-0.4, -0.2) is 42.7 Å². The summed E-state index contributed by atoms with van der Waals surface area (Å²) in [5, 5.41) is 0. The van der Waals surface area contributed by atoms with E-state index < -0.39 is 6.09 Å². The summed E-state index contributed by atoms with van der Waals surface area (Å²) in [6, 6.07) is -0.142. The first-order chi connectivity index (χ1) is 7.69. The summed E-state index contributed by atoms with van der Waals surface area (Å²) in [6.45, 7) is 3.20. The molecule has 1 fully saturated rings. The molecule has 5 nitrogen and oxygen atoms in total. The Balaban J connectivity index is 2.33. The van der Waals surface area contributed by atoms with Gasteiger partial charge < -0.3 is 14.4 Å². The molecule has 0 aromatic carbocycles. The molecule has 0 unspecified atom stereocenters. The van der Waals surface area contributed by atoms with Crippen molar-refractivity contribution in [1.29, 1.82) is 0 Å². The minimum Gasteiger partial charge on any atom is -0.466 e. The van der Waals surface area contributed by atoms with Crippen molar-refractivity contribution in [1.82, 2.24) is 4.90 Å². The number of piperidine rings is 1. The topological polar surface area (TPSA) is 55.8 Å². The van der Waals surface area contributed by atoms with Crippen molar-refractivity contribution >= 4 is 23.7 Å². The van der Waals surface area contributed by atoms with Gasteiger partial charge >= 0.3 is 12.1 Å². The minimum atomic E-state index is -0.419. The van der Waals surface area contributed by atoms with E-state index in [1.165, 1.54) is 0 Å². The Morgan fingerprint density at radius 2 is 1.94 bits per heavy atom. The molecule has 1 rings (SSSR count). The predicted molar refractivity (Wildman–Crippen MR) is 58.1 cm³/mol. The first kappa shape index (κ1) is 13.1. The molecule has 16 heavy (non-hydrogen) atoms. The van der Waals surface area contributed by atoms with E-state index in [0.29, 0.717) is 32.5 Å². The maximum absolute atomic E-state index is 11.4. The van der Waals surface area contributed by atoms with Crippen LogP contribution in [-0.2, 0) is 14.3 Å². The Morgan fingerprint density at radius 1 is 1.31 bits per heavy atom. The Hall–Kier alpha value is -0.970. The monoisotopic (exact) mass is 249 g/mol. The number of halogens is 1. The quantitative estimate of drug-likeness (QED) is 0.563. The van der Waals surface area contributed by atoms with Crippen molar-refractivity contribution in [2.24, 2.45) is 5.92 Å². The molecule has 0 bridgehead atoms. The van der Waals surface area contributed by atoms with Gasteiger partial charge in [-0.1, -0.05) is 11.6 Å². The highest BCUT2D eigenvalue weighted by Crippen LogP contribution is 2.19. The molecule has 1 aliphatic heterocycles. The van der Waals surface area contributed by atoms with Gasteiger partial charge in [0.15, 0.2) is 6.07 Å². The Morgan fingerprint density at radius 3 is 2.44 bits per heavy atom. The van der Waals surface area contributed by atoms with Crippen molar-refractivity contribution < 1.29 is 19.1 Å². The number of nitrogens with zero attached hydrogens (tertiary/aromatic N) is 1. The number of alkyl halides is 1. The van der Waals surface area contributed by atoms with Crippen molar-refractivity contribution in [3.05, 3.63) is 0 Å². The zero-order chi connectivity index (χ0) is 12.0. The second kappa shape index (κ2) is 6.58. The van der Waals surface area contributed by atoms with Gasteiger partial charge in [-0.2, -0.15) is 0 Å². The van der Waals surface area contributed by atoms with Crippen molar-refractivity contribution in [3.63, 3.8) is 0 Å². The summed E-state index contributed by atoms with van der Waals surface area (Å²) in [4.78, 5) is 24.3. The lowest BCUT2D eigenvalue weighted by molar-refractivity contribution is -0.149. The van der Waals surface area contributed by atoms with E-state index in [4.69, 9.17) is 16.3 Å². The number of esters is 1. The Bertz CT molecular complexity index is 225. The van der Waals surface area contributed by atoms with Crippen molar-refractivity contribution in [2.45, 2.75) is 19.8 Å². The summed E-state index contributed by atoms with van der Waals surface area (Å²) in [5.74, 6) is -0.270. The fourth-order valence-electron chi connectivity index (χ4n) is 1.70. The summed E-state index contributed by atoms with van der Waals surface area (Å²) in [6.07, 6.45) is 0.823. The number of likely N-dealkylation sites (tertiary alicyclic amines) is 1. The van der Waals surface area contributed by atoms with Crippen LogP contribution in [0.15, 0.2) is 0 Å². The van der Waals surface area contributed by atoms with Gasteiger partial charge in [0, 0.05) is 13.1 Å². The summed E-state index contributed by atoms with van der Waals surface area (Å²) in [7, 11) is 0. The third-order valence-electron chi connectivity index (χ3n) is 2.55. The van der Waals surface area contributed by atoms with Gasteiger partial charge in [0.05, 0.1) is 12.5 Å². The maximum Gasteiger partial charge on any atom is 0.410 e. The zero-order valence-corrected chi connectivity index (χ0v) is 10.0. The molecule has 1 heterocycles. The van der Waals surface area contributed by atoms with Crippen LogP contribution in [0, 0.1) is 5.92 Å². The average Bonchev–Trinajstić information content (AvgIpc) is 2.30. The van der Waals surface area contributed by atoms with E-state index >= 15 is 0 Å². The van der Waals surface area contributed by atoms with Crippen LogP contribution < -0.4 is 0 Å². The molecule has 0 spiro atoms. The zero-order valence-electron chi connectivity index (χ0n) is 9.28. The first-order valence-electron chi connectivity index (χ1n) is 5.33. The maximum atomic E-state index is 11.4. The van der Waals surface area contributed by atoms with Gasteiger partial charge in [-0.25, -0.2) is 4.79 Å². The molecular formula is C10H16ClNO4. The van der Waals surface area contributed by atoms with Crippen LogP contribution in [0.4, 0.5) is 4.79 Å². The van der Waals surface area contributed by atoms with Crippen LogP contribution in [0.5, 0.6) is 0 Å². The molecule has 1 aliphatic rings. The number of amides is 1. The smallest absolute Gasteiger partial charge is 0.410 e. The number of ether oxygens (including phenoxy) is 2. The van der Waals surface area contributed by atoms with Gasteiger partial charge in [0.1, 0.15) is 0 Å². The molecule has 0 radical (unpaired) electrons. The van der Waals surface area contributed by atoms with E-state index in [-0.39, 0.29) is 18.0 Å². The van der Waals surface area contributed by atoms with Gasteiger partial charge in [-0.15, -0.1) is 0 Å². The van der Waals surface area contributed by atoms with E-state index in [2.05, 4.69) is 4.74 Å². The highest BCUT2D eigenvalue weighted by molar-refractivity contribution is 6.17. The van der Waals surface area contributed by atoms with E-state index in [1.807, 2.05) is 0 Å². The van der Waals surface area contributed by atoms with Gasteiger partial charge in [-0.3, -0.25) is 4.79 Å². The van der Waals surface area contributed by atoms with E-state index in [0.717, 1.165) is 0 Å². The fourth-order valence-corrected chi connectivity index (χ4v) is 1.79. The van der Waals surface area contributed by atoms with Gasteiger partial charge in [0.25, 0.3) is 0 Å². The molecule has 0 N–H and O–H groups in total. The fraction of sp³-hybridized carbons (Fsp3) is 0.800.